The third-order valence-corrected chi connectivity index (χ3v) is 1.60. The van der Waals surface area contributed by atoms with Crippen LogP contribution < -0.4 is 0 Å². The van der Waals surface area contributed by atoms with Crippen molar-refractivity contribution in [2.24, 2.45) is 5.41 Å². The monoisotopic (exact) mass is 140 g/mol. The van der Waals surface area contributed by atoms with Crippen molar-refractivity contribution in [3.05, 3.63) is 11.6 Å². The van der Waals surface area contributed by atoms with Gasteiger partial charge in [-0.1, -0.05) is 26.3 Å². The second-order valence-electron chi connectivity index (χ2n) is 3.69. The molecule has 0 fully saturated rings. The Morgan fingerprint density at radius 3 is 1.70 bits per heavy atom. The average Bonchev–Trinajstić information content (AvgIpc) is 1.60. The van der Waals surface area contributed by atoms with Crippen molar-refractivity contribution in [2.45, 2.75) is 34.6 Å². The van der Waals surface area contributed by atoms with Crippen LogP contribution >= 0.6 is 0 Å². The Labute approximate surface area is 63.1 Å². The van der Waals surface area contributed by atoms with Gasteiger partial charge in [0.05, 0.1) is 0 Å². The van der Waals surface area contributed by atoms with E-state index in [0.717, 1.165) is 5.57 Å². The Kier molecular flexibility index (Phi) is 2.82. The number of hydrogen-bond donors (Lipinski definition) is 0. The summed E-state index contributed by atoms with van der Waals surface area (Å²) in [5.41, 5.74) is 1.27. The molecule has 0 aromatic heterocycles. The number of hydrogen-bond acceptors (Lipinski definition) is 1. The van der Waals surface area contributed by atoms with Gasteiger partial charge in [0.25, 0.3) is 0 Å². The van der Waals surface area contributed by atoms with Crippen LogP contribution in [0.3, 0.4) is 0 Å². The summed E-state index contributed by atoms with van der Waals surface area (Å²) in [6.45, 7) is 9.86. The van der Waals surface area contributed by atoms with E-state index in [0.29, 0.717) is 0 Å². The van der Waals surface area contributed by atoms with E-state index in [4.69, 9.17) is 0 Å². The van der Waals surface area contributed by atoms with Gasteiger partial charge in [-0.15, -0.1) is 0 Å². The number of carbonyl (C=O) groups excluding carboxylic acids is 1. The topological polar surface area (TPSA) is 17.1 Å². The highest BCUT2D eigenvalue weighted by molar-refractivity contribution is 5.88. The van der Waals surface area contributed by atoms with E-state index in [1.165, 1.54) is 0 Å². The van der Waals surface area contributed by atoms with Crippen LogP contribution in [0, 0.1) is 5.41 Å². The molecule has 58 valence electrons. The Morgan fingerprint density at radius 1 is 1.20 bits per heavy atom. The molecule has 0 radical (unpaired) electrons. The van der Waals surface area contributed by atoms with Crippen molar-refractivity contribution in [3.63, 3.8) is 0 Å². The van der Waals surface area contributed by atoms with Crippen LogP contribution in [0.25, 0.3) is 0 Å². The Morgan fingerprint density at radius 2 is 1.60 bits per heavy atom. The molecule has 0 rings (SSSR count). The molecule has 0 aliphatic rings. The van der Waals surface area contributed by atoms with Crippen LogP contribution in [0.2, 0.25) is 0 Å². The van der Waals surface area contributed by atoms with Gasteiger partial charge < -0.3 is 0 Å². The maximum Gasteiger partial charge on any atom is 0.152 e. The van der Waals surface area contributed by atoms with Crippen molar-refractivity contribution in [2.75, 3.05) is 0 Å². The third-order valence-electron chi connectivity index (χ3n) is 1.60. The lowest BCUT2D eigenvalue weighted by molar-refractivity contribution is -0.112. The van der Waals surface area contributed by atoms with E-state index in [1.807, 2.05) is 6.92 Å². The first-order chi connectivity index (χ1) is 4.34. The predicted molar refractivity (Wildman–Crippen MR) is 43.9 cm³/mol. The predicted octanol–water partition coefficient (Wildman–Crippen LogP) is 2.57. The molecule has 0 atom stereocenters. The molecule has 0 aromatic carbocycles. The van der Waals surface area contributed by atoms with E-state index in [1.54, 1.807) is 13.0 Å². The van der Waals surface area contributed by atoms with Gasteiger partial charge in [-0.25, -0.2) is 0 Å². The number of ketones is 1. The second-order valence-corrected chi connectivity index (χ2v) is 3.69. The first kappa shape index (κ1) is 9.41. The quantitative estimate of drug-likeness (QED) is 0.511. The van der Waals surface area contributed by atoms with Crippen LogP contribution in [0.15, 0.2) is 11.6 Å². The molecule has 0 amide bonds. The third kappa shape index (κ3) is 3.44. The van der Waals surface area contributed by atoms with Crippen LogP contribution in [0.1, 0.15) is 34.6 Å². The van der Waals surface area contributed by atoms with Gasteiger partial charge in [-0.05, 0) is 25.3 Å². The lowest BCUT2D eigenvalue weighted by atomic mass is 9.87. The Hall–Kier alpha value is -0.590. The summed E-state index contributed by atoms with van der Waals surface area (Å²) in [5.74, 6) is 0.132. The zero-order chi connectivity index (χ0) is 8.36. The maximum atomic E-state index is 10.6. The summed E-state index contributed by atoms with van der Waals surface area (Å²) < 4.78 is 0. The van der Waals surface area contributed by atoms with Crippen molar-refractivity contribution < 1.29 is 4.79 Å². The van der Waals surface area contributed by atoms with Gasteiger partial charge in [-0.2, -0.15) is 0 Å². The van der Waals surface area contributed by atoms with Crippen molar-refractivity contribution in [1.82, 2.24) is 0 Å². The van der Waals surface area contributed by atoms with Gasteiger partial charge >= 0.3 is 0 Å². The van der Waals surface area contributed by atoms with E-state index >= 15 is 0 Å². The molecule has 0 saturated carbocycles. The summed E-state index contributed by atoms with van der Waals surface area (Å²) in [6.07, 6.45) is 1.69. The van der Waals surface area contributed by atoms with E-state index in [2.05, 4.69) is 20.8 Å². The highest BCUT2D eigenvalue weighted by atomic mass is 16.1. The first-order valence-corrected chi connectivity index (χ1v) is 3.53. The van der Waals surface area contributed by atoms with Gasteiger partial charge in [0.1, 0.15) is 0 Å². The molecule has 0 aliphatic carbocycles. The fourth-order valence-electron chi connectivity index (χ4n) is 0.521. The SMILES string of the molecule is CC(=O)/C=C(/C)C(C)(C)C. The normalized spacial score (nSPS) is 13.5. The summed E-state index contributed by atoms with van der Waals surface area (Å²) in [5, 5.41) is 0. The van der Waals surface area contributed by atoms with Crippen LogP contribution in [0.4, 0.5) is 0 Å². The molecule has 0 spiro atoms. The van der Waals surface area contributed by atoms with Crippen LogP contribution in [-0.2, 0) is 4.79 Å². The standard InChI is InChI=1S/C9H16O/c1-7(6-8(2)10)9(3,4)5/h6H,1-5H3/b7-6-. The van der Waals surface area contributed by atoms with Crippen LogP contribution in [-0.4, -0.2) is 5.78 Å². The molecule has 0 saturated heterocycles. The van der Waals surface area contributed by atoms with Crippen LogP contribution in [0.5, 0.6) is 0 Å². The highest BCUT2D eigenvalue weighted by Crippen LogP contribution is 2.23. The molecule has 0 heterocycles. The molecule has 0 aromatic rings. The highest BCUT2D eigenvalue weighted by Gasteiger charge is 2.12. The van der Waals surface area contributed by atoms with E-state index < -0.39 is 0 Å². The van der Waals surface area contributed by atoms with Gasteiger partial charge in [-0.3, -0.25) is 4.79 Å². The summed E-state index contributed by atoms with van der Waals surface area (Å²) >= 11 is 0. The maximum absolute atomic E-state index is 10.6. The fraction of sp³-hybridized carbons (Fsp3) is 0.667. The zero-order valence-corrected chi connectivity index (χ0v) is 7.49. The molecular weight excluding hydrogens is 124 g/mol. The minimum atomic E-state index is 0.131. The summed E-state index contributed by atoms with van der Waals surface area (Å²) in [7, 11) is 0. The fourth-order valence-corrected chi connectivity index (χ4v) is 0.521. The second kappa shape index (κ2) is 3.00. The minimum Gasteiger partial charge on any atom is -0.295 e. The Bertz CT molecular complexity index is 158. The molecule has 0 unspecified atom stereocenters. The lowest BCUT2D eigenvalue weighted by Gasteiger charge is -2.18. The molecule has 0 aliphatic heterocycles. The number of allylic oxidation sites excluding steroid dienone is 2. The van der Waals surface area contributed by atoms with E-state index in [-0.39, 0.29) is 11.2 Å². The smallest absolute Gasteiger partial charge is 0.152 e. The summed E-state index contributed by atoms with van der Waals surface area (Å²) in [6, 6.07) is 0. The molecule has 1 heteroatoms. The minimum absolute atomic E-state index is 0.131. The lowest BCUT2D eigenvalue weighted by Crippen LogP contribution is -2.07. The molecule has 0 bridgehead atoms. The number of carbonyl (C=O) groups is 1. The number of rotatable bonds is 1. The molecule has 0 N–H and O–H groups in total. The van der Waals surface area contributed by atoms with Gasteiger partial charge in [0.2, 0.25) is 0 Å². The molecular formula is C9H16O. The summed E-state index contributed by atoms with van der Waals surface area (Å²) in [4.78, 5) is 10.6. The molecule has 1 nitrogen and oxygen atoms in total. The van der Waals surface area contributed by atoms with Crippen molar-refractivity contribution in [3.8, 4) is 0 Å². The van der Waals surface area contributed by atoms with Gasteiger partial charge in [0, 0.05) is 0 Å². The zero-order valence-electron chi connectivity index (χ0n) is 7.49. The average molecular weight is 140 g/mol. The Balaban J connectivity index is 4.35. The van der Waals surface area contributed by atoms with Crippen molar-refractivity contribution >= 4 is 5.78 Å². The molecule has 10 heavy (non-hydrogen) atoms. The van der Waals surface area contributed by atoms with E-state index in [9.17, 15) is 4.79 Å². The van der Waals surface area contributed by atoms with Crippen molar-refractivity contribution in [1.29, 1.82) is 0 Å². The van der Waals surface area contributed by atoms with Gasteiger partial charge in [0.15, 0.2) is 5.78 Å². The first-order valence-electron chi connectivity index (χ1n) is 3.53. The largest absolute Gasteiger partial charge is 0.295 e.